The number of hydrogen-bond donors (Lipinski definition) is 2. The molecule has 0 fully saturated rings. The predicted molar refractivity (Wildman–Crippen MR) is 91.3 cm³/mol. The first-order valence-electron chi connectivity index (χ1n) is 7.39. The Morgan fingerprint density at radius 1 is 1.14 bits per heavy atom. The lowest BCUT2D eigenvalue weighted by atomic mass is 9.82. The van der Waals surface area contributed by atoms with Crippen molar-refractivity contribution in [3.63, 3.8) is 0 Å². The number of aliphatic hydroxyl groups is 1. The van der Waals surface area contributed by atoms with Crippen molar-refractivity contribution < 1.29 is 14.2 Å². The van der Waals surface area contributed by atoms with Gasteiger partial charge in [-0.15, -0.1) is 12.4 Å². The highest BCUT2D eigenvalue weighted by molar-refractivity contribution is 5.85. The molecule has 2 N–H and O–H groups in total. The van der Waals surface area contributed by atoms with Crippen LogP contribution in [-0.2, 0) is 0 Å². The van der Waals surface area contributed by atoms with Crippen LogP contribution in [0.2, 0.25) is 0 Å². The normalized spacial score (nSPS) is 13.4. The van der Waals surface area contributed by atoms with Crippen LogP contribution in [0.15, 0.2) is 24.3 Å². The van der Waals surface area contributed by atoms with Crippen molar-refractivity contribution in [1.82, 2.24) is 5.32 Å². The number of halogens is 2. The third-order valence-electron chi connectivity index (χ3n) is 3.04. The summed E-state index contributed by atoms with van der Waals surface area (Å²) in [7, 11) is 0. The van der Waals surface area contributed by atoms with Crippen molar-refractivity contribution in [3.8, 4) is 5.75 Å². The first-order valence-corrected chi connectivity index (χ1v) is 7.39. The van der Waals surface area contributed by atoms with Gasteiger partial charge in [-0.3, -0.25) is 0 Å². The third kappa shape index (κ3) is 9.23. The minimum absolute atomic E-state index is 0. The number of hydrogen-bond acceptors (Lipinski definition) is 3. The first kappa shape index (κ1) is 21.2. The maximum atomic E-state index is 12.8. The largest absolute Gasteiger partial charge is 0.491 e. The van der Waals surface area contributed by atoms with E-state index in [4.69, 9.17) is 4.74 Å². The SMILES string of the molecule is CC(C)(C)CC(C)(C)NCC(O)COc1ccc(F)cc1.Cl. The molecule has 0 radical (unpaired) electrons. The minimum atomic E-state index is -0.603. The van der Waals surface area contributed by atoms with E-state index >= 15 is 0 Å². The Labute approximate surface area is 139 Å². The Morgan fingerprint density at radius 3 is 2.18 bits per heavy atom. The highest BCUT2D eigenvalue weighted by atomic mass is 35.5. The number of rotatable bonds is 7. The van der Waals surface area contributed by atoms with Gasteiger partial charge < -0.3 is 15.2 Å². The van der Waals surface area contributed by atoms with E-state index in [0.717, 1.165) is 6.42 Å². The van der Waals surface area contributed by atoms with Crippen LogP contribution >= 0.6 is 12.4 Å². The maximum Gasteiger partial charge on any atom is 0.123 e. The summed E-state index contributed by atoms with van der Waals surface area (Å²) in [5, 5.41) is 13.3. The average Bonchev–Trinajstić information content (AvgIpc) is 2.33. The van der Waals surface area contributed by atoms with Gasteiger partial charge in [0.2, 0.25) is 0 Å². The summed E-state index contributed by atoms with van der Waals surface area (Å²) < 4.78 is 18.2. The highest BCUT2D eigenvalue weighted by Gasteiger charge is 2.25. The Bertz CT molecular complexity index is 429. The molecule has 0 saturated heterocycles. The second kappa shape index (κ2) is 8.70. The van der Waals surface area contributed by atoms with Gasteiger partial charge in [-0.05, 0) is 49.9 Å². The molecule has 128 valence electrons. The highest BCUT2D eigenvalue weighted by Crippen LogP contribution is 2.26. The molecular formula is C17H29ClFNO2. The van der Waals surface area contributed by atoms with Crippen molar-refractivity contribution in [2.75, 3.05) is 13.2 Å². The van der Waals surface area contributed by atoms with Gasteiger partial charge in [0.1, 0.15) is 24.3 Å². The Balaban J connectivity index is 0.00000441. The second-order valence-electron chi connectivity index (χ2n) is 7.42. The lowest BCUT2D eigenvalue weighted by Gasteiger charge is -2.34. The van der Waals surface area contributed by atoms with Crippen molar-refractivity contribution in [1.29, 1.82) is 0 Å². The fraction of sp³-hybridized carbons (Fsp3) is 0.647. The molecule has 1 rings (SSSR count). The van der Waals surface area contributed by atoms with Crippen molar-refractivity contribution in [2.45, 2.75) is 52.7 Å². The molecule has 0 aliphatic heterocycles. The van der Waals surface area contributed by atoms with E-state index in [1.54, 1.807) is 12.1 Å². The van der Waals surface area contributed by atoms with Crippen LogP contribution < -0.4 is 10.1 Å². The van der Waals surface area contributed by atoms with Crippen molar-refractivity contribution in [2.24, 2.45) is 5.41 Å². The molecule has 0 amide bonds. The molecule has 0 aromatic heterocycles. The molecule has 5 heteroatoms. The molecule has 0 aliphatic rings. The van der Waals surface area contributed by atoms with E-state index in [-0.39, 0.29) is 35.8 Å². The van der Waals surface area contributed by atoms with Crippen LogP contribution in [0.25, 0.3) is 0 Å². The number of benzene rings is 1. The number of β-amino-alcohol motifs (C(OH)–C–C–N with tert-alkyl or cyclic N) is 1. The van der Waals surface area contributed by atoms with Gasteiger partial charge in [-0.1, -0.05) is 20.8 Å². The summed E-state index contributed by atoms with van der Waals surface area (Å²) in [6.45, 7) is 11.5. The van der Waals surface area contributed by atoms with Crippen LogP contribution in [-0.4, -0.2) is 29.9 Å². The molecule has 0 spiro atoms. The zero-order valence-corrected chi connectivity index (χ0v) is 15.0. The summed E-state index contributed by atoms with van der Waals surface area (Å²) in [6.07, 6.45) is 0.403. The zero-order chi connectivity index (χ0) is 16.1. The summed E-state index contributed by atoms with van der Waals surface area (Å²) in [4.78, 5) is 0. The predicted octanol–water partition coefficient (Wildman–Crippen LogP) is 3.79. The van der Waals surface area contributed by atoms with Crippen LogP contribution in [0.4, 0.5) is 4.39 Å². The molecule has 0 saturated carbocycles. The molecule has 0 bridgehead atoms. The Morgan fingerprint density at radius 2 is 1.68 bits per heavy atom. The maximum absolute atomic E-state index is 12.8. The first-order chi connectivity index (χ1) is 9.57. The van der Waals surface area contributed by atoms with Gasteiger partial charge >= 0.3 is 0 Å². The number of nitrogens with one attached hydrogen (secondary N) is 1. The van der Waals surface area contributed by atoms with Crippen molar-refractivity contribution >= 4 is 12.4 Å². The molecule has 1 aromatic rings. The molecule has 3 nitrogen and oxygen atoms in total. The smallest absolute Gasteiger partial charge is 0.123 e. The molecule has 22 heavy (non-hydrogen) atoms. The molecule has 1 aromatic carbocycles. The fourth-order valence-electron chi connectivity index (χ4n) is 2.56. The fourth-order valence-corrected chi connectivity index (χ4v) is 2.56. The summed E-state index contributed by atoms with van der Waals surface area (Å²) >= 11 is 0. The van der Waals surface area contributed by atoms with Gasteiger partial charge in [0.15, 0.2) is 0 Å². The Hall–Kier alpha value is -0.840. The van der Waals surface area contributed by atoms with Gasteiger partial charge in [0, 0.05) is 12.1 Å². The lowest BCUT2D eigenvalue weighted by Crippen LogP contribution is -2.46. The van der Waals surface area contributed by atoms with E-state index in [2.05, 4.69) is 39.9 Å². The van der Waals surface area contributed by atoms with Gasteiger partial charge in [0.25, 0.3) is 0 Å². The summed E-state index contributed by atoms with van der Waals surface area (Å²) in [6, 6.07) is 5.79. The second-order valence-corrected chi connectivity index (χ2v) is 7.42. The van der Waals surface area contributed by atoms with Gasteiger partial charge in [0.05, 0.1) is 0 Å². The zero-order valence-electron chi connectivity index (χ0n) is 14.1. The van der Waals surface area contributed by atoms with E-state index in [1.165, 1.54) is 12.1 Å². The molecule has 0 heterocycles. The quantitative estimate of drug-likeness (QED) is 0.797. The van der Waals surface area contributed by atoms with E-state index < -0.39 is 6.10 Å². The van der Waals surface area contributed by atoms with Gasteiger partial charge in [-0.25, -0.2) is 4.39 Å². The van der Waals surface area contributed by atoms with Gasteiger partial charge in [-0.2, -0.15) is 0 Å². The standard InChI is InChI=1S/C17H28FNO2.ClH/c1-16(2,3)12-17(4,5)19-10-14(20)11-21-15-8-6-13(18)7-9-15;/h6-9,14,19-20H,10-12H2,1-5H3;1H. The lowest BCUT2D eigenvalue weighted by molar-refractivity contribution is 0.0944. The van der Waals surface area contributed by atoms with E-state index in [1.807, 2.05) is 0 Å². The topological polar surface area (TPSA) is 41.5 Å². The van der Waals surface area contributed by atoms with E-state index in [0.29, 0.717) is 12.3 Å². The monoisotopic (exact) mass is 333 g/mol. The van der Waals surface area contributed by atoms with Crippen LogP contribution in [0.3, 0.4) is 0 Å². The summed E-state index contributed by atoms with van der Waals surface area (Å²) in [5.74, 6) is 0.262. The van der Waals surface area contributed by atoms with Crippen LogP contribution in [0.1, 0.15) is 41.0 Å². The number of ether oxygens (including phenoxy) is 1. The molecule has 1 unspecified atom stereocenters. The molecular weight excluding hydrogens is 305 g/mol. The number of aliphatic hydroxyl groups excluding tert-OH is 1. The van der Waals surface area contributed by atoms with Crippen LogP contribution in [0.5, 0.6) is 5.75 Å². The summed E-state index contributed by atoms with van der Waals surface area (Å²) in [5.41, 5.74) is 0.182. The van der Waals surface area contributed by atoms with Crippen molar-refractivity contribution in [3.05, 3.63) is 30.1 Å². The van der Waals surface area contributed by atoms with E-state index in [9.17, 15) is 9.50 Å². The molecule has 1 atom stereocenters. The average molecular weight is 334 g/mol. The Kier molecular flexibility index (Phi) is 8.37. The third-order valence-corrected chi connectivity index (χ3v) is 3.04. The van der Waals surface area contributed by atoms with Crippen LogP contribution in [0, 0.1) is 11.2 Å². The molecule has 0 aliphatic carbocycles. The minimum Gasteiger partial charge on any atom is -0.491 e.